The van der Waals surface area contributed by atoms with Crippen LogP contribution in [-0.2, 0) is 16.1 Å². The van der Waals surface area contributed by atoms with E-state index in [1.54, 1.807) is 20.4 Å². The van der Waals surface area contributed by atoms with Crippen molar-refractivity contribution >= 4 is 5.91 Å². The zero-order valence-electron chi connectivity index (χ0n) is 15.6. The molecule has 142 valence electrons. The Morgan fingerprint density at radius 1 is 1.42 bits per heavy atom. The minimum Gasteiger partial charge on any atom is -0.481 e. The first-order valence-corrected chi connectivity index (χ1v) is 9.42. The molecule has 4 rings (SSSR count). The Balaban J connectivity index is 1.37. The number of nitrogens with zero attached hydrogens (tertiary/aromatic N) is 3. The number of likely N-dealkylation sites (N-methyl/N-ethyl adjacent to an activating group) is 1. The molecule has 1 spiro atoms. The van der Waals surface area contributed by atoms with Crippen molar-refractivity contribution in [2.24, 2.45) is 5.92 Å². The van der Waals surface area contributed by atoms with Gasteiger partial charge in [0.05, 0.1) is 13.7 Å². The number of ether oxygens (including phenoxy) is 2. The Morgan fingerprint density at radius 3 is 2.92 bits per heavy atom. The normalized spacial score (nSPS) is 25.7. The first-order chi connectivity index (χ1) is 12.6. The zero-order chi connectivity index (χ0) is 18.1. The third kappa shape index (κ3) is 3.56. The summed E-state index contributed by atoms with van der Waals surface area (Å²) in [5, 5.41) is 2.78. The summed E-state index contributed by atoms with van der Waals surface area (Å²) < 4.78 is 11.6. The minimum absolute atomic E-state index is 0.0665. The molecule has 1 amide bonds. The Kier molecular flexibility index (Phi) is 4.86. The van der Waals surface area contributed by atoms with Gasteiger partial charge in [0.2, 0.25) is 11.8 Å². The van der Waals surface area contributed by atoms with Gasteiger partial charge in [-0.15, -0.1) is 0 Å². The Bertz CT molecular complexity index is 658. The van der Waals surface area contributed by atoms with Crippen molar-refractivity contribution in [3.63, 3.8) is 0 Å². The third-order valence-corrected chi connectivity index (χ3v) is 5.68. The van der Waals surface area contributed by atoms with E-state index in [1.165, 1.54) is 12.8 Å². The largest absolute Gasteiger partial charge is 0.481 e. The van der Waals surface area contributed by atoms with E-state index < -0.39 is 0 Å². The van der Waals surface area contributed by atoms with Gasteiger partial charge in [-0.1, -0.05) is 6.07 Å². The maximum Gasteiger partial charge on any atom is 0.239 e. The summed E-state index contributed by atoms with van der Waals surface area (Å²) in [6.45, 7) is 4.90. The van der Waals surface area contributed by atoms with Crippen LogP contribution in [-0.4, -0.2) is 79.3 Å². The Morgan fingerprint density at radius 2 is 2.23 bits per heavy atom. The van der Waals surface area contributed by atoms with Gasteiger partial charge in [0.25, 0.3) is 0 Å². The molecule has 2 saturated heterocycles. The lowest BCUT2D eigenvalue weighted by Gasteiger charge is -2.55. The van der Waals surface area contributed by atoms with E-state index in [9.17, 15) is 4.79 Å². The van der Waals surface area contributed by atoms with Gasteiger partial charge in [0.1, 0.15) is 11.6 Å². The summed E-state index contributed by atoms with van der Waals surface area (Å²) in [5.41, 5.74) is 0.952. The van der Waals surface area contributed by atoms with Crippen LogP contribution in [0.5, 0.6) is 5.88 Å². The number of carbonyl (C=O) groups is 1. The van der Waals surface area contributed by atoms with E-state index in [1.807, 2.05) is 6.07 Å². The standard InChI is InChI=1S/C19H28N4O3/c1-20-17(24)16-10-26-19(13-23(16)8-14-5-6-14)11-22(12-19)9-15-4-3-7-21-18(15)25-2/h3-4,7,14,16H,5-6,8-13H2,1-2H3,(H,20,24). The van der Waals surface area contributed by atoms with Gasteiger partial charge >= 0.3 is 0 Å². The molecule has 3 fully saturated rings. The molecule has 0 radical (unpaired) electrons. The number of amides is 1. The maximum absolute atomic E-state index is 12.2. The van der Waals surface area contributed by atoms with Gasteiger partial charge in [-0.3, -0.25) is 14.6 Å². The van der Waals surface area contributed by atoms with Crippen molar-refractivity contribution in [1.82, 2.24) is 20.1 Å². The second kappa shape index (κ2) is 7.13. The quantitative estimate of drug-likeness (QED) is 0.797. The van der Waals surface area contributed by atoms with Crippen molar-refractivity contribution in [1.29, 1.82) is 0 Å². The fraction of sp³-hybridized carbons (Fsp3) is 0.684. The fourth-order valence-electron chi connectivity index (χ4n) is 4.16. The zero-order valence-corrected chi connectivity index (χ0v) is 15.6. The highest BCUT2D eigenvalue weighted by Gasteiger charge is 2.51. The number of nitrogens with one attached hydrogen (secondary N) is 1. The third-order valence-electron chi connectivity index (χ3n) is 5.68. The molecule has 0 aromatic carbocycles. The van der Waals surface area contributed by atoms with Gasteiger partial charge < -0.3 is 14.8 Å². The molecule has 1 aliphatic carbocycles. The Labute approximate surface area is 154 Å². The molecule has 1 atom stereocenters. The van der Waals surface area contributed by atoms with Crippen molar-refractivity contribution in [3.05, 3.63) is 23.9 Å². The summed E-state index contributed by atoms with van der Waals surface area (Å²) in [5.74, 6) is 1.51. The lowest BCUT2D eigenvalue weighted by Crippen LogP contribution is -2.72. The average Bonchev–Trinajstić information content (AvgIpc) is 3.44. The van der Waals surface area contributed by atoms with Gasteiger partial charge in [-0.2, -0.15) is 0 Å². The molecule has 3 heterocycles. The SMILES string of the molecule is CNC(=O)C1COC2(CN(Cc3cccnc3OC)C2)CN1CC1CC1. The van der Waals surface area contributed by atoms with E-state index in [4.69, 9.17) is 9.47 Å². The van der Waals surface area contributed by atoms with Crippen molar-refractivity contribution in [2.75, 3.05) is 46.9 Å². The van der Waals surface area contributed by atoms with Crippen LogP contribution in [0.3, 0.4) is 0 Å². The predicted octanol–water partition coefficient (Wildman–Crippen LogP) is 0.501. The second-order valence-electron chi connectivity index (χ2n) is 7.81. The summed E-state index contributed by atoms with van der Waals surface area (Å²) in [4.78, 5) is 21.2. The topological polar surface area (TPSA) is 66.9 Å². The second-order valence-corrected chi connectivity index (χ2v) is 7.81. The van der Waals surface area contributed by atoms with E-state index in [0.29, 0.717) is 12.5 Å². The highest BCUT2D eigenvalue weighted by molar-refractivity contribution is 5.81. The number of hydrogen-bond donors (Lipinski definition) is 1. The number of likely N-dealkylation sites (tertiary alicyclic amines) is 1. The van der Waals surface area contributed by atoms with Crippen molar-refractivity contribution in [2.45, 2.75) is 31.0 Å². The van der Waals surface area contributed by atoms with Crippen LogP contribution in [0.4, 0.5) is 0 Å². The number of carbonyl (C=O) groups excluding carboxylic acids is 1. The predicted molar refractivity (Wildman–Crippen MR) is 96.9 cm³/mol. The molecule has 1 saturated carbocycles. The molecule has 1 aromatic heterocycles. The molecular formula is C19H28N4O3. The summed E-state index contributed by atoms with van der Waals surface area (Å²) in [6, 6.07) is 3.84. The molecule has 26 heavy (non-hydrogen) atoms. The molecule has 0 bridgehead atoms. The summed E-state index contributed by atoms with van der Waals surface area (Å²) >= 11 is 0. The first kappa shape index (κ1) is 17.7. The van der Waals surface area contributed by atoms with Gasteiger partial charge in [0, 0.05) is 51.5 Å². The summed E-state index contributed by atoms with van der Waals surface area (Å²) in [7, 11) is 3.36. The van der Waals surface area contributed by atoms with Gasteiger partial charge in [0.15, 0.2) is 0 Å². The van der Waals surface area contributed by atoms with Crippen LogP contribution in [0.1, 0.15) is 18.4 Å². The van der Waals surface area contributed by atoms with Crippen LogP contribution >= 0.6 is 0 Å². The molecular weight excluding hydrogens is 332 g/mol. The van der Waals surface area contributed by atoms with Crippen LogP contribution in [0.15, 0.2) is 18.3 Å². The van der Waals surface area contributed by atoms with E-state index >= 15 is 0 Å². The van der Waals surface area contributed by atoms with Crippen molar-refractivity contribution in [3.8, 4) is 5.88 Å². The molecule has 1 unspecified atom stereocenters. The number of methoxy groups -OCH3 is 1. The van der Waals surface area contributed by atoms with Crippen LogP contribution < -0.4 is 10.1 Å². The van der Waals surface area contributed by atoms with E-state index in [2.05, 4.69) is 26.2 Å². The first-order valence-electron chi connectivity index (χ1n) is 9.42. The van der Waals surface area contributed by atoms with Crippen LogP contribution in [0.2, 0.25) is 0 Å². The maximum atomic E-state index is 12.2. The summed E-state index contributed by atoms with van der Waals surface area (Å²) in [6.07, 6.45) is 4.33. The fourth-order valence-corrected chi connectivity index (χ4v) is 4.16. The molecule has 1 N–H and O–H groups in total. The number of hydrogen-bond acceptors (Lipinski definition) is 6. The minimum atomic E-state index is -0.154. The van der Waals surface area contributed by atoms with E-state index in [0.717, 1.165) is 44.2 Å². The molecule has 2 aliphatic heterocycles. The highest BCUT2D eigenvalue weighted by atomic mass is 16.5. The van der Waals surface area contributed by atoms with Crippen LogP contribution in [0, 0.1) is 5.92 Å². The van der Waals surface area contributed by atoms with Gasteiger partial charge in [-0.05, 0) is 24.8 Å². The van der Waals surface area contributed by atoms with Gasteiger partial charge in [-0.25, -0.2) is 4.98 Å². The Hall–Kier alpha value is -1.70. The molecule has 1 aromatic rings. The number of pyridine rings is 1. The monoisotopic (exact) mass is 360 g/mol. The van der Waals surface area contributed by atoms with Crippen molar-refractivity contribution < 1.29 is 14.3 Å². The number of rotatable bonds is 6. The highest BCUT2D eigenvalue weighted by Crippen LogP contribution is 2.36. The smallest absolute Gasteiger partial charge is 0.239 e. The van der Waals surface area contributed by atoms with E-state index in [-0.39, 0.29) is 17.6 Å². The lowest BCUT2D eigenvalue weighted by molar-refractivity contribution is -0.203. The molecule has 7 heteroatoms. The van der Waals surface area contributed by atoms with Crippen LogP contribution in [0.25, 0.3) is 0 Å². The molecule has 7 nitrogen and oxygen atoms in total. The lowest BCUT2D eigenvalue weighted by atomic mass is 9.89. The average molecular weight is 360 g/mol. The molecule has 3 aliphatic rings. The number of aromatic nitrogens is 1. The number of morpholine rings is 1.